The first kappa shape index (κ1) is 25.0. The molecule has 3 rings (SSSR count). The predicted molar refractivity (Wildman–Crippen MR) is 119 cm³/mol. The zero-order valence-corrected chi connectivity index (χ0v) is 18.6. The number of hydrogen-bond acceptors (Lipinski definition) is 5. The summed E-state index contributed by atoms with van der Waals surface area (Å²) < 4.78 is 65.8. The van der Waals surface area contributed by atoms with Crippen molar-refractivity contribution in [3.05, 3.63) is 83.9 Å². The van der Waals surface area contributed by atoms with Crippen LogP contribution in [0.5, 0.6) is 0 Å². The van der Waals surface area contributed by atoms with Gasteiger partial charge in [0.2, 0.25) is 0 Å². The van der Waals surface area contributed by atoms with Gasteiger partial charge in [-0.05, 0) is 36.8 Å². The van der Waals surface area contributed by atoms with Crippen molar-refractivity contribution in [3.8, 4) is 17.2 Å². The second kappa shape index (κ2) is 9.29. The first-order valence-corrected chi connectivity index (χ1v) is 11.5. The average molecular weight is 488 g/mol. The summed E-state index contributed by atoms with van der Waals surface area (Å²) in [6, 6.07) is 18.6. The largest absolute Gasteiger partial charge is 0.417 e. The number of halogens is 3. The molecule has 3 aromatic carbocycles. The van der Waals surface area contributed by atoms with E-state index in [4.69, 9.17) is 5.26 Å². The molecule has 0 spiro atoms. The predicted octanol–water partition coefficient (Wildman–Crippen LogP) is 4.41. The Morgan fingerprint density at radius 2 is 1.65 bits per heavy atom. The van der Waals surface area contributed by atoms with E-state index in [0.717, 1.165) is 19.1 Å². The number of carbonyl (C=O) groups excluding carboxylic acids is 1. The SMILES string of the molecule is C[C@](O)(CS(=O)(=O)c1ccccc1-c1ccccc1)C(=O)Nc1ccc(C#N)c(C(F)(F)F)c1. The van der Waals surface area contributed by atoms with E-state index in [2.05, 4.69) is 5.32 Å². The fourth-order valence-electron chi connectivity index (χ4n) is 3.33. The number of anilines is 1. The second-order valence-corrected chi connectivity index (χ2v) is 9.68. The summed E-state index contributed by atoms with van der Waals surface area (Å²) in [5.41, 5.74) is -3.74. The molecule has 0 fully saturated rings. The maximum Gasteiger partial charge on any atom is 0.417 e. The Hall–Kier alpha value is -3.68. The smallest absolute Gasteiger partial charge is 0.379 e. The third-order valence-corrected chi connectivity index (χ3v) is 6.94. The van der Waals surface area contributed by atoms with Gasteiger partial charge in [0.05, 0.1) is 27.8 Å². The van der Waals surface area contributed by atoms with Crippen molar-refractivity contribution in [2.24, 2.45) is 0 Å². The van der Waals surface area contributed by atoms with Crippen LogP contribution in [-0.4, -0.2) is 30.8 Å². The van der Waals surface area contributed by atoms with Crippen LogP contribution in [0.2, 0.25) is 0 Å². The molecular weight excluding hydrogens is 469 g/mol. The summed E-state index contributed by atoms with van der Waals surface area (Å²) in [6.07, 6.45) is -4.85. The number of hydrogen-bond donors (Lipinski definition) is 2. The highest BCUT2D eigenvalue weighted by Gasteiger charge is 2.38. The van der Waals surface area contributed by atoms with Gasteiger partial charge in [0.1, 0.15) is 0 Å². The Kier molecular flexibility index (Phi) is 6.82. The summed E-state index contributed by atoms with van der Waals surface area (Å²) in [5.74, 6) is -2.23. The molecule has 0 saturated heterocycles. The number of nitrogens with zero attached hydrogens (tertiary/aromatic N) is 1. The molecule has 0 aliphatic carbocycles. The van der Waals surface area contributed by atoms with E-state index in [-0.39, 0.29) is 10.6 Å². The lowest BCUT2D eigenvalue weighted by Crippen LogP contribution is -2.45. The topological polar surface area (TPSA) is 107 Å². The standard InChI is InChI=1S/C24H19F3N2O4S/c1-23(31,22(30)29-18-12-11-17(14-28)20(13-18)24(25,26)27)15-34(32,33)21-10-6-5-9-19(21)16-7-3-2-4-8-16/h2-13,31H,15H2,1H3,(H,29,30)/t23-/m0/s1. The molecule has 0 aliphatic heterocycles. The van der Waals surface area contributed by atoms with Gasteiger partial charge >= 0.3 is 6.18 Å². The molecule has 3 aromatic rings. The van der Waals surface area contributed by atoms with Gasteiger partial charge in [0.15, 0.2) is 15.4 Å². The van der Waals surface area contributed by atoms with Crippen LogP contribution in [0.4, 0.5) is 18.9 Å². The van der Waals surface area contributed by atoms with Crippen LogP contribution in [0.15, 0.2) is 77.7 Å². The minimum atomic E-state index is -4.85. The number of sulfone groups is 1. The third kappa shape index (κ3) is 5.44. The number of amides is 1. The number of nitrogens with one attached hydrogen (secondary N) is 1. The van der Waals surface area contributed by atoms with Gasteiger partial charge in [-0.2, -0.15) is 18.4 Å². The normalized spacial score (nSPS) is 13.5. The van der Waals surface area contributed by atoms with Crippen LogP contribution in [0.3, 0.4) is 0 Å². The van der Waals surface area contributed by atoms with Crippen LogP contribution in [-0.2, 0) is 20.8 Å². The highest BCUT2D eigenvalue weighted by atomic mass is 32.2. The Labute approximate surface area is 194 Å². The highest BCUT2D eigenvalue weighted by Crippen LogP contribution is 2.34. The molecule has 0 bridgehead atoms. The molecule has 0 saturated carbocycles. The third-order valence-electron chi connectivity index (χ3n) is 4.97. The molecule has 6 nitrogen and oxygen atoms in total. The molecule has 1 atom stereocenters. The van der Waals surface area contributed by atoms with E-state index in [1.54, 1.807) is 42.5 Å². The first-order valence-electron chi connectivity index (χ1n) is 9.87. The Morgan fingerprint density at radius 1 is 1.03 bits per heavy atom. The van der Waals surface area contributed by atoms with E-state index < -0.39 is 44.4 Å². The van der Waals surface area contributed by atoms with Crippen molar-refractivity contribution in [1.29, 1.82) is 5.26 Å². The summed E-state index contributed by atoms with van der Waals surface area (Å²) in [7, 11) is -4.21. The molecule has 0 heterocycles. The van der Waals surface area contributed by atoms with Gasteiger partial charge in [-0.25, -0.2) is 8.42 Å². The lowest BCUT2D eigenvalue weighted by atomic mass is 10.1. The zero-order chi connectivity index (χ0) is 25.1. The molecule has 2 N–H and O–H groups in total. The van der Waals surface area contributed by atoms with E-state index in [1.165, 1.54) is 18.2 Å². The molecule has 10 heteroatoms. The van der Waals surface area contributed by atoms with Gasteiger partial charge < -0.3 is 10.4 Å². The molecule has 0 unspecified atom stereocenters. The summed E-state index contributed by atoms with van der Waals surface area (Å²) in [4.78, 5) is 12.5. The van der Waals surface area contributed by atoms with Gasteiger partial charge in [-0.15, -0.1) is 0 Å². The highest BCUT2D eigenvalue weighted by molar-refractivity contribution is 7.91. The molecule has 0 aliphatic rings. The molecule has 1 amide bonds. The maximum absolute atomic E-state index is 13.2. The number of rotatable bonds is 6. The lowest BCUT2D eigenvalue weighted by Gasteiger charge is -2.23. The zero-order valence-electron chi connectivity index (χ0n) is 17.8. The summed E-state index contributed by atoms with van der Waals surface area (Å²) in [6.45, 7) is 0.958. The lowest BCUT2D eigenvalue weighted by molar-refractivity contribution is -0.137. The Balaban J connectivity index is 1.88. The number of benzene rings is 3. The quantitative estimate of drug-likeness (QED) is 0.535. The molecule has 0 aromatic heterocycles. The van der Waals surface area contributed by atoms with Gasteiger partial charge in [-0.1, -0.05) is 48.5 Å². The van der Waals surface area contributed by atoms with Crippen molar-refractivity contribution in [3.63, 3.8) is 0 Å². The molecule has 34 heavy (non-hydrogen) atoms. The Bertz CT molecular complexity index is 1360. The van der Waals surface area contributed by atoms with Gasteiger partial charge in [0, 0.05) is 11.3 Å². The minimum absolute atomic E-state index is 0.105. The minimum Gasteiger partial charge on any atom is -0.379 e. The maximum atomic E-state index is 13.2. The van der Waals surface area contributed by atoms with Gasteiger partial charge in [-0.3, -0.25) is 4.79 Å². The molecule has 176 valence electrons. The molecule has 0 radical (unpaired) electrons. The Morgan fingerprint density at radius 3 is 2.26 bits per heavy atom. The number of carbonyl (C=O) groups is 1. The number of nitriles is 1. The van der Waals surface area contributed by atoms with Crippen molar-refractivity contribution in [1.82, 2.24) is 0 Å². The van der Waals surface area contributed by atoms with Crippen molar-refractivity contribution in [2.45, 2.75) is 23.6 Å². The first-order chi connectivity index (χ1) is 15.8. The van der Waals surface area contributed by atoms with Crippen molar-refractivity contribution in [2.75, 3.05) is 11.1 Å². The van der Waals surface area contributed by atoms with Crippen LogP contribution < -0.4 is 5.32 Å². The van der Waals surface area contributed by atoms with E-state index in [1.807, 2.05) is 0 Å². The van der Waals surface area contributed by atoms with Crippen LogP contribution in [0.25, 0.3) is 11.1 Å². The molecular formula is C24H19F3N2O4S. The van der Waals surface area contributed by atoms with Crippen LogP contribution in [0, 0.1) is 11.3 Å². The van der Waals surface area contributed by atoms with E-state index in [9.17, 15) is 31.5 Å². The number of aliphatic hydroxyl groups is 1. The van der Waals surface area contributed by atoms with Crippen LogP contribution >= 0.6 is 0 Å². The summed E-state index contributed by atoms with van der Waals surface area (Å²) >= 11 is 0. The van der Waals surface area contributed by atoms with E-state index >= 15 is 0 Å². The van der Waals surface area contributed by atoms with Crippen LogP contribution in [0.1, 0.15) is 18.1 Å². The van der Waals surface area contributed by atoms with Gasteiger partial charge in [0.25, 0.3) is 5.91 Å². The van der Waals surface area contributed by atoms with Crippen molar-refractivity contribution < 1.29 is 31.5 Å². The monoisotopic (exact) mass is 488 g/mol. The number of alkyl halides is 3. The summed E-state index contributed by atoms with van der Waals surface area (Å²) in [5, 5.41) is 21.7. The average Bonchev–Trinajstić information content (AvgIpc) is 2.78. The fraction of sp³-hybridized carbons (Fsp3) is 0.167. The fourth-order valence-corrected chi connectivity index (χ4v) is 5.16. The second-order valence-electron chi connectivity index (χ2n) is 7.72. The van der Waals surface area contributed by atoms with Crippen molar-refractivity contribution >= 4 is 21.4 Å². The van der Waals surface area contributed by atoms with E-state index in [0.29, 0.717) is 17.2 Å².